The summed E-state index contributed by atoms with van der Waals surface area (Å²) in [6.45, 7) is 4.10. The van der Waals surface area contributed by atoms with Crippen LogP contribution in [-0.2, 0) is 5.41 Å². The zero-order valence-electron chi connectivity index (χ0n) is 47.0. The maximum absolute atomic E-state index is 9.89. The number of rotatable bonds is 7. The second-order valence-electron chi connectivity index (χ2n) is 16.7. The molecule has 0 aliphatic heterocycles. The molecule has 0 spiro atoms. The van der Waals surface area contributed by atoms with Crippen molar-refractivity contribution in [3.8, 4) is 55.6 Å². The van der Waals surface area contributed by atoms with E-state index in [1.165, 1.54) is 0 Å². The Bertz CT molecular complexity index is 4220. The van der Waals surface area contributed by atoms with Gasteiger partial charge in [-0.2, -0.15) is 0 Å². The van der Waals surface area contributed by atoms with Gasteiger partial charge in [0.2, 0.25) is 0 Å². The zero-order valence-corrected chi connectivity index (χ0v) is 35.0. The highest BCUT2D eigenvalue weighted by molar-refractivity contribution is 6.13. The summed E-state index contributed by atoms with van der Waals surface area (Å²) < 4.78 is 118. The molecular formula is C63H45N. The summed E-state index contributed by atoms with van der Waals surface area (Å²) >= 11 is 0. The molecule has 1 nitrogen and oxygen atoms in total. The van der Waals surface area contributed by atoms with E-state index in [1.54, 1.807) is 24.3 Å². The van der Waals surface area contributed by atoms with Crippen LogP contribution in [0.1, 0.15) is 41.4 Å². The largest absolute Gasteiger partial charge is 0.311 e. The Labute approximate surface area is 392 Å². The number of fused-ring (bicyclic) bond motifs is 7. The van der Waals surface area contributed by atoms with Crippen LogP contribution in [0.3, 0.4) is 0 Å². The number of anilines is 3. The van der Waals surface area contributed by atoms with Crippen LogP contribution in [0.4, 0.5) is 17.1 Å². The molecule has 0 atom stereocenters. The van der Waals surface area contributed by atoms with E-state index in [0.717, 1.165) is 65.2 Å². The van der Waals surface area contributed by atoms with Crippen LogP contribution in [0, 0.1) is 0 Å². The van der Waals surface area contributed by atoms with Gasteiger partial charge in [0.15, 0.2) is 0 Å². The second-order valence-corrected chi connectivity index (χ2v) is 16.7. The Morgan fingerprint density at radius 3 is 1.55 bits per heavy atom. The molecule has 0 saturated heterocycles. The molecule has 11 aromatic carbocycles. The van der Waals surface area contributed by atoms with Crippen LogP contribution in [0.5, 0.6) is 0 Å². The molecule has 1 aliphatic rings. The minimum Gasteiger partial charge on any atom is -0.311 e. The van der Waals surface area contributed by atoms with E-state index in [9.17, 15) is 16.4 Å². The van der Waals surface area contributed by atoms with Gasteiger partial charge in [0.25, 0.3) is 0 Å². The molecule has 1 heteroatoms. The standard InChI is InChI=1S/C63H45N/c1-63(2)61-27-10-9-23-58(61)59-26-13-25-55(62(59)63)44-30-36-50(37-31-44)64(51-38-32-45(33-39-51)60-41-48-15-4-6-20-54(48)56-21-7-8-22-57(56)60)49-34-28-42(29-35-49)46-17-11-18-47(40-46)53-24-12-16-43-14-3-5-19-52(43)53/h3-41H,1-2H3/i28D,29D,30D,31D,32D,33D,34D,35D,36D,37D,38D,39D. The SMILES string of the molecule is [2H]c1c([2H])c(N(c2c([2H])c([2H])c(-c3cccc4c3C(C)(C)c3ccccc3-4)c([2H])c2[2H])c2c([2H])c([2H])c(-c3cc4ccccc4c4ccccc34)c([2H])c2[2H])c([2H])c([2H])c1-c1cccc(-c2cccc3ccccc23)c1. The van der Waals surface area contributed by atoms with Crippen LogP contribution >= 0.6 is 0 Å². The first kappa shape index (κ1) is 27.1. The molecule has 11 aromatic rings. The highest BCUT2D eigenvalue weighted by Gasteiger charge is 2.37. The predicted molar refractivity (Wildman–Crippen MR) is 273 cm³/mol. The average Bonchev–Trinajstić information content (AvgIpc) is 3.73. The number of nitrogens with zero attached hydrogens (tertiary/aromatic N) is 1. The van der Waals surface area contributed by atoms with Crippen LogP contribution in [0.15, 0.2) is 236 Å². The monoisotopic (exact) mass is 827 g/mol. The van der Waals surface area contributed by atoms with E-state index in [-0.39, 0.29) is 16.7 Å². The predicted octanol–water partition coefficient (Wildman–Crippen LogP) is 17.6. The molecule has 0 saturated carbocycles. The highest BCUT2D eigenvalue weighted by Crippen LogP contribution is 2.52. The number of hydrogen-bond acceptors (Lipinski definition) is 1. The van der Waals surface area contributed by atoms with E-state index in [1.807, 2.05) is 153 Å². The maximum Gasteiger partial charge on any atom is 0.0645 e. The molecule has 1 aliphatic carbocycles. The van der Waals surface area contributed by atoms with E-state index >= 15 is 0 Å². The van der Waals surface area contributed by atoms with Crippen molar-refractivity contribution in [2.45, 2.75) is 19.3 Å². The lowest BCUT2D eigenvalue weighted by molar-refractivity contribution is 0.662. The van der Waals surface area contributed by atoms with Crippen LogP contribution in [0.2, 0.25) is 0 Å². The van der Waals surface area contributed by atoms with E-state index in [4.69, 9.17) is 0 Å². The number of benzene rings is 11. The van der Waals surface area contributed by atoms with Gasteiger partial charge in [-0.3, -0.25) is 0 Å². The van der Waals surface area contributed by atoms with E-state index in [0.29, 0.717) is 22.1 Å². The fraction of sp³-hybridized carbons (Fsp3) is 0.0476. The van der Waals surface area contributed by atoms with Gasteiger partial charge in [0.1, 0.15) is 0 Å². The summed E-state index contributed by atoms with van der Waals surface area (Å²) in [5.74, 6) is 0. The van der Waals surface area contributed by atoms with Gasteiger partial charge in [-0.25, -0.2) is 0 Å². The Morgan fingerprint density at radius 2 is 0.812 bits per heavy atom. The minimum absolute atomic E-state index is 0.0181. The Balaban J connectivity index is 1.12. The van der Waals surface area contributed by atoms with Crippen LogP contribution in [0.25, 0.3) is 88.0 Å². The summed E-state index contributed by atoms with van der Waals surface area (Å²) in [5.41, 5.74) is 4.12. The first-order valence-corrected chi connectivity index (χ1v) is 21.4. The van der Waals surface area contributed by atoms with Crippen LogP contribution < -0.4 is 4.90 Å². The van der Waals surface area contributed by atoms with Gasteiger partial charge in [-0.1, -0.05) is 202 Å². The summed E-state index contributed by atoms with van der Waals surface area (Å²) in [4.78, 5) is 0.889. The van der Waals surface area contributed by atoms with Gasteiger partial charge < -0.3 is 4.90 Å². The third kappa shape index (κ3) is 6.23. The summed E-state index contributed by atoms with van der Waals surface area (Å²) in [7, 11) is 0. The van der Waals surface area contributed by atoms with Crippen molar-refractivity contribution < 1.29 is 16.4 Å². The summed E-state index contributed by atoms with van der Waals surface area (Å²) in [6, 6.07) is 44.4. The minimum atomic E-state index is -0.672. The molecule has 0 radical (unpaired) electrons. The van der Waals surface area contributed by atoms with Gasteiger partial charge in [0, 0.05) is 22.5 Å². The molecule has 0 heterocycles. The third-order valence-electron chi connectivity index (χ3n) is 12.6. The molecule has 0 amide bonds. The van der Waals surface area contributed by atoms with Crippen molar-refractivity contribution in [2.75, 3.05) is 4.90 Å². The highest BCUT2D eigenvalue weighted by atomic mass is 15.1. The molecule has 12 rings (SSSR count). The molecule has 302 valence electrons. The molecule has 64 heavy (non-hydrogen) atoms. The fourth-order valence-corrected chi connectivity index (χ4v) is 9.64. The van der Waals surface area contributed by atoms with Gasteiger partial charge in [-0.15, -0.1) is 0 Å². The van der Waals surface area contributed by atoms with Crippen LogP contribution in [-0.4, -0.2) is 0 Å². The molecule has 0 bridgehead atoms. The van der Waals surface area contributed by atoms with Crippen molar-refractivity contribution in [2.24, 2.45) is 0 Å². The molecule has 0 N–H and O–H groups in total. The molecule has 0 fully saturated rings. The zero-order chi connectivity index (χ0) is 53.2. The lowest BCUT2D eigenvalue weighted by atomic mass is 9.79. The van der Waals surface area contributed by atoms with Gasteiger partial charge in [0.05, 0.1) is 16.4 Å². The van der Waals surface area contributed by atoms with Crippen molar-refractivity contribution in [3.63, 3.8) is 0 Å². The maximum atomic E-state index is 9.89. The molecular weight excluding hydrogens is 771 g/mol. The van der Waals surface area contributed by atoms with E-state index < -0.39 is 95.0 Å². The Kier molecular flexibility index (Phi) is 6.41. The summed E-state index contributed by atoms with van der Waals surface area (Å²) in [6.07, 6.45) is 0. The average molecular weight is 828 g/mol. The third-order valence-corrected chi connectivity index (χ3v) is 12.6. The van der Waals surface area contributed by atoms with E-state index in [2.05, 4.69) is 0 Å². The molecule has 0 unspecified atom stereocenters. The Hall–Kier alpha value is -8.00. The normalized spacial score (nSPS) is 15.3. The van der Waals surface area contributed by atoms with Crippen molar-refractivity contribution in [1.82, 2.24) is 0 Å². The summed E-state index contributed by atoms with van der Waals surface area (Å²) in [5, 5.41) is 5.20. The first-order chi connectivity index (χ1) is 36.5. The quantitative estimate of drug-likeness (QED) is 0.145. The lowest BCUT2D eigenvalue weighted by Gasteiger charge is -2.27. The van der Waals surface area contributed by atoms with Crippen molar-refractivity contribution >= 4 is 49.4 Å². The molecule has 0 aromatic heterocycles. The van der Waals surface area contributed by atoms with Crippen molar-refractivity contribution in [3.05, 3.63) is 247 Å². The Morgan fingerprint density at radius 1 is 0.328 bits per heavy atom. The lowest BCUT2D eigenvalue weighted by Crippen LogP contribution is -2.16. The smallest absolute Gasteiger partial charge is 0.0645 e. The second kappa shape index (κ2) is 15.1. The van der Waals surface area contributed by atoms with Crippen molar-refractivity contribution in [1.29, 1.82) is 0 Å². The number of hydrogen-bond donors (Lipinski definition) is 0. The topological polar surface area (TPSA) is 3.24 Å². The fourth-order valence-electron chi connectivity index (χ4n) is 9.64. The first-order valence-electron chi connectivity index (χ1n) is 27.4. The van der Waals surface area contributed by atoms with Gasteiger partial charge in [-0.05, 0) is 147 Å². The van der Waals surface area contributed by atoms with Gasteiger partial charge >= 0.3 is 0 Å².